The van der Waals surface area contributed by atoms with Crippen molar-refractivity contribution in [3.8, 4) is 5.75 Å². The summed E-state index contributed by atoms with van der Waals surface area (Å²) >= 11 is 0. The molecule has 0 aliphatic heterocycles. The topological polar surface area (TPSA) is 52.5 Å². The number of hydrogen-bond donors (Lipinski definition) is 3. The first-order valence-corrected chi connectivity index (χ1v) is 6.89. The van der Waals surface area contributed by atoms with Gasteiger partial charge < -0.3 is 15.5 Å². The molecule has 1 unspecified atom stereocenters. The minimum absolute atomic E-state index is 0.214. The van der Waals surface area contributed by atoms with Gasteiger partial charge in [-0.2, -0.15) is 0 Å². The Labute approximate surface area is 119 Å². The molecular formula is C17H21NO2. The van der Waals surface area contributed by atoms with Gasteiger partial charge >= 0.3 is 0 Å². The van der Waals surface area contributed by atoms with Crippen LogP contribution in [0.15, 0.2) is 54.6 Å². The number of hydrogen-bond acceptors (Lipinski definition) is 3. The third-order valence-corrected chi connectivity index (χ3v) is 3.32. The Morgan fingerprint density at radius 2 is 1.65 bits per heavy atom. The zero-order chi connectivity index (χ0) is 14.4. The van der Waals surface area contributed by atoms with E-state index in [2.05, 4.69) is 24.4 Å². The molecular weight excluding hydrogens is 250 g/mol. The lowest BCUT2D eigenvalue weighted by molar-refractivity contribution is 0.170. The second kappa shape index (κ2) is 7.08. The predicted molar refractivity (Wildman–Crippen MR) is 80.7 cm³/mol. The normalized spacial score (nSPS) is 13.9. The maximum atomic E-state index is 10.1. The summed E-state index contributed by atoms with van der Waals surface area (Å²) in [7, 11) is 0. The molecule has 0 bridgehead atoms. The molecule has 0 heterocycles. The molecule has 20 heavy (non-hydrogen) atoms. The SMILES string of the molecule is CC(Cc1ccccc1)NC[C@H](O)c1ccc(O)cc1. The third-order valence-electron chi connectivity index (χ3n) is 3.32. The molecule has 2 rings (SSSR count). The summed E-state index contributed by atoms with van der Waals surface area (Å²) < 4.78 is 0. The van der Waals surface area contributed by atoms with Crippen molar-refractivity contribution >= 4 is 0 Å². The highest BCUT2D eigenvalue weighted by molar-refractivity contribution is 5.27. The van der Waals surface area contributed by atoms with Crippen LogP contribution in [0.25, 0.3) is 0 Å². The lowest BCUT2D eigenvalue weighted by Gasteiger charge is -2.17. The summed E-state index contributed by atoms with van der Waals surface area (Å²) in [6.45, 7) is 2.61. The van der Waals surface area contributed by atoms with E-state index in [1.54, 1.807) is 24.3 Å². The number of aliphatic hydroxyl groups excluding tert-OH is 1. The molecule has 3 N–H and O–H groups in total. The second-order valence-electron chi connectivity index (χ2n) is 5.11. The lowest BCUT2D eigenvalue weighted by Crippen LogP contribution is -2.32. The Morgan fingerprint density at radius 3 is 2.30 bits per heavy atom. The van der Waals surface area contributed by atoms with E-state index >= 15 is 0 Å². The Balaban J connectivity index is 1.81. The van der Waals surface area contributed by atoms with Crippen molar-refractivity contribution in [2.45, 2.75) is 25.5 Å². The highest BCUT2D eigenvalue weighted by Gasteiger charge is 2.09. The molecule has 0 fully saturated rings. The Bertz CT molecular complexity index is 510. The van der Waals surface area contributed by atoms with Crippen molar-refractivity contribution in [3.63, 3.8) is 0 Å². The summed E-state index contributed by atoms with van der Waals surface area (Å²) in [6.07, 6.45) is 0.372. The fourth-order valence-corrected chi connectivity index (χ4v) is 2.17. The molecule has 0 spiro atoms. The Morgan fingerprint density at radius 1 is 1.00 bits per heavy atom. The highest BCUT2D eigenvalue weighted by Crippen LogP contribution is 2.16. The minimum atomic E-state index is -0.561. The molecule has 106 valence electrons. The molecule has 0 saturated carbocycles. The fraction of sp³-hybridized carbons (Fsp3) is 0.294. The van der Waals surface area contributed by atoms with Crippen LogP contribution in [0.3, 0.4) is 0 Å². The van der Waals surface area contributed by atoms with Crippen molar-refractivity contribution in [3.05, 3.63) is 65.7 Å². The van der Waals surface area contributed by atoms with Crippen LogP contribution in [-0.2, 0) is 6.42 Å². The van der Waals surface area contributed by atoms with Gasteiger partial charge in [0.05, 0.1) is 6.10 Å². The average molecular weight is 271 g/mol. The van der Waals surface area contributed by atoms with E-state index in [9.17, 15) is 10.2 Å². The van der Waals surface area contributed by atoms with E-state index in [0.717, 1.165) is 12.0 Å². The smallest absolute Gasteiger partial charge is 0.115 e. The summed E-state index contributed by atoms with van der Waals surface area (Å²) in [5.41, 5.74) is 2.09. The Hall–Kier alpha value is -1.84. The van der Waals surface area contributed by atoms with E-state index in [-0.39, 0.29) is 5.75 Å². The highest BCUT2D eigenvalue weighted by atomic mass is 16.3. The number of nitrogens with one attached hydrogen (secondary N) is 1. The van der Waals surface area contributed by atoms with Crippen LogP contribution in [0.4, 0.5) is 0 Å². The van der Waals surface area contributed by atoms with Gasteiger partial charge in [-0.1, -0.05) is 42.5 Å². The number of benzene rings is 2. The molecule has 0 aliphatic rings. The zero-order valence-electron chi connectivity index (χ0n) is 11.7. The maximum absolute atomic E-state index is 10.1. The van der Waals surface area contributed by atoms with Crippen LogP contribution >= 0.6 is 0 Å². The number of phenolic OH excluding ortho intramolecular Hbond substituents is 1. The minimum Gasteiger partial charge on any atom is -0.508 e. The van der Waals surface area contributed by atoms with Crippen molar-refractivity contribution in [1.82, 2.24) is 5.32 Å². The third kappa shape index (κ3) is 4.37. The van der Waals surface area contributed by atoms with E-state index in [1.807, 2.05) is 18.2 Å². The van der Waals surface area contributed by atoms with E-state index in [1.165, 1.54) is 5.56 Å². The first-order valence-electron chi connectivity index (χ1n) is 6.89. The molecule has 0 amide bonds. The van der Waals surface area contributed by atoms with Crippen LogP contribution in [0.2, 0.25) is 0 Å². The molecule has 0 aromatic heterocycles. The van der Waals surface area contributed by atoms with E-state index in [0.29, 0.717) is 12.6 Å². The van der Waals surface area contributed by atoms with Crippen molar-refractivity contribution in [1.29, 1.82) is 0 Å². The molecule has 2 aromatic carbocycles. The van der Waals surface area contributed by atoms with Crippen molar-refractivity contribution in [2.75, 3.05) is 6.54 Å². The first kappa shape index (κ1) is 14.6. The quantitative estimate of drug-likeness (QED) is 0.757. The van der Waals surface area contributed by atoms with Crippen LogP contribution in [0, 0.1) is 0 Å². The predicted octanol–water partition coefficient (Wildman–Crippen LogP) is 2.65. The fourth-order valence-electron chi connectivity index (χ4n) is 2.17. The van der Waals surface area contributed by atoms with Gasteiger partial charge in [-0.25, -0.2) is 0 Å². The van der Waals surface area contributed by atoms with Gasteiger partial charge in [-0.05, 0) is 36.6 Å². The molecule has 2 atom stereocenters. The molecule has 0 radical (unpaired) electrons. The van der Waals surface area contributed by atoms with E-state index < -0.39 is 6.10 Å². The molecule has 3 nitrogen and oxygen atoms in total. The van der Waals surface area contributed by atoms with Gasteiger partial charge in [0.2, 0.25) is 0 Å². The van der Waals surface area contributed by atoms with Gasteiger partial charge in [-0.15, -0.1) is 0 Å². The van der Waals surface area contributed by atoms with Crippen LogP contribution in [-0.4, -0.2) is 22.8 Å². The molecule has 3 heteroatoms. The van der Waals surface area contributed by atoms with E-state index in [4.69, 9.17) is 0 Å². The molecule has 2 aromatic rings. The van der Waals surface area contributed by atoms with Gasteiger partial charge in [-0.3, -0.25) is 0 Å². The molecule has 0 aliphatic carbocycles. The standard InChI is InChI=1S/C17H21NO2/c1-13(11-14-5-3-2-4-6-14)18-12-17(20)15-7-9-16(19)10-8-15/h2-10,13,17-20H,11-12H2,1H3/t13?,17-/m0/s1. The van der Waals surface area contributed by atoms with Gasteiger partial charge in [0.1, 0.15) is 5.75 Å². The summed E-state index contributed by atoms with van der Waals surface area (Å²) in [4.78, 5) is 0. The van der Waals surface area contributed by atoms with Crippen LogP contribution in [0.5, 0.6) is 5.75 Å². The summed E-state index contributed by atoms with van der Waals surface area (Å²) in [5, 5.41) is 22.6. The number of aliphatic hydroxyl groups is 1. The largest absolute Gasteiger partial charge is 0.508 e. The van der Waals surface area contributed by atoms with Crippen molar-refractivity contribution < 1.29 is 10.2 Å². The number of aromatic hydroxyl groups is 1. The Kier molecular flexibility index (Phi) is 5.16. The van der Waals surface area contributed by atoms with Crippen molar-refractivity contribution in [2.24, 2.45) is 0 Å². The average Bonchev–Trinajstić information content (AvgIpc) is 2.46. The monoisotopic (exact) mass is 271 g/mol. The first-order chi connectivity index (χ1) is 9.65. The van der Waals surface area contributed by atoms with Gasteiger partial charge in [0, 0.05) is 12.6 Å². The van der Waals surface area contributed by atoms with Gasteiger partial charge in [0.15, 0.2) is 0 Å². The second-order valence-corrected chi connectivity index (χ2v) is 5.11. The number of phenols is 1. The lowest BCUT2D eigenvalue weighted by atomic mass is 10.1. The van der Waals surface area contributed by atoms with Crippen LogP contribution < -0.4 is 5.32 Å². The van der Waals surface area contributed by atoms with Crippen LogP contribution in [0.1, 0.15) is 24.2 Å². The summed E-state index contributed by atoms with van der Waals surface area (Å²) in [5.74, 6) is 0.214. The number of rotatable bonds is 6. The maximum Gasteiger partial charge on any atom is 0.115 e. The molecule has 0 saturated heterocycles. The zero-order valence-corrected chi connectivity index (χ0v) is 11.7. The van der Waals surface area contributed by atoms with Gasteiger partial charge in [0.25, 0.3) is 0 Å². The summed E-state index contributed by atoms with van der Waals surface area (Å²) in [6, 6.07) is 17.2.